The third-order valence-corrected chi connectivity index (χ3v) is 6.57. The lowest BCUT2D eigenvalue weighted by atomic mass is 9.92. The molecule has 1 heterocycles. The first kappa shape index (κ1) is 23.1. The van der Waals surface area contributed by atoms with Crippen molar-refractivity contribution in [2.75, 3.05) is 22.8 Å². The molecule has 0 bridgehead atoms. The lowest BCUT2D eigenvalue weighted by molar-refractivity contribution is -0.127. The van der Waals surface area contributed by atoms with Crippen LogP contribution in [0, 0.1) is 18.3 Å². The number of fused-ring (bicyclic) bond motifs is 1. The molecule has 1 aliphatic rings. The average Bonchev–Trinajstić information content (AvgIpc) is 2.74. The van der Waals surface area contributed by atoms with Crippen molar-refractivity contribution >= 4 is 27.3 Å². The second-order valence-corrected chi connectivity index (χ2v) is 11.1. The van der Waals surface area contributed by atoms with Gasteiger partial charge in [0.15, 0.2) is 0 Å². The van der Waals surface area contributed by atoms with E-state index in [2.05, 4.69) is 18.6 Å². The van der Waals surface area contributed by atoms with Crippen LogP contribution in [0.2, 0.25) is 0 Å². The van der Waals surface area contributed by atoms with Crippen molar-refractivity contribution in [3.8, 4) is 5.75 Å². The molecule has 1 aliphatic heterocycles. The molecule has 0 saturated heterocycles. The van der Waals surface area contributed by atoms with Crippen molar-refractivity contribution in [2.45, 2.75) is 46.8 Å². The van der Waals surface area contributed by atoms with Crippen molar-refractivity contribution in [1.82, 2.24) is 0 Å². The van der Waals surface area contributed by atoms with E-state index in [1.165, 1.54) is 0 Å². The van der Waals surface area contributed by atoms with E-state index < -0.39 is 15.4 Å². The molecule has 0 fully saturated rings. The van der Waals surface area contributed by atoms with Crippen molar-refractivity contribution in [3.05, 3.63) is 53.6 Å². The fourth-order valence-corrected chi connectivity index (χ4v) is 4.73. The minimum Gasteiger partial charge on any atom is -0.490 e. The van der Waals surface area contributed by atoms with Crippen molar-refractivity contribution in [1.29, 1.82) is 0 Å². The van der Waals surface area contributed by atoms with Gasteiger partial charge >= 0.3 is 0 Å². The third-order valence-electron chi connectivity index (χ3n) is 5.31. The Kier molecular flexibility index (Phi) is 6.65. The first-order valence-electron chi connectivity index (χ1n) is 10.6. The van der Waals surface area contributed by atoms with Gasteiger partial charge in [0.05, 0.1) is 22.5 Å². The van der Waals surface area contributed by atoms with E-state index in [0.717, 1.165) is 17.5 Å². The molecule has 1 amide bonds. The number of nitrogens with one attached hydrogen (secondary N) is 1. The summed E-state index contributed by atoms with van der Waals surface area (Å²) in [7, 11) is -3.59. The van der Waals surface area contributed by atoms with Gasteiger partial charge in [0.1, 0.15) is 12.4 Å². The number of hydrogen-bond acceptors (Lipinski definition) is 4. The smallest absolute Gasteiger partial charge is 0.236 e. The summed E-state index contributed by atoms with van der Waals surface area (Å²) < 4.78 is 34.0. The van der Waals surface area contributed by atoms with Gasteiger partial charge in [-0.1, -0.05) is 43.7 Å². The lowest BCUT2D eigenvalue weighted by Gasteiger charge is -2.28. The van der Waals surface area contributed by atoms with Crippen LogP contribution < -0.4 is 14.4 Å². The van der Waals surface area contributed by atoms with Crippen molar-refractivity contribution in [3.63, 3.8) is 0 Å². The number of benzene rings is 2. The Hall–Kier alpha value is -2.54. The molecule has 0 aliphatic carbocycles. The van der Waals surface area contributed by atoms with Crippen molar-refractivity contribution in [2.24, 2.45) is 11.3 Å². The molecule has 0 atom stereocenters. The van der Waals surface area contributed by atoms with E-state index in [1.807, 2.05) is 39.0 Å². The number of hydrogen-bond donors (Lipinski definition) is 1. The summed E-state index contributed by atoms with van der Waals surface area (Å²) in [5.41, 5.74) is 2.17. The molecule has 7 heteroatoms. The van der Waals surface area contributed by atoms with Gasteiger partial charge in [-0.15, -0.1) is 0 Å². The van der Waals surface area contributed by atoms with Crippen LogP contribution in [0.25, 0.3) is 0 Å². The summed E-state index contributed by atoms with van der Waals surface area (Å²) in [5, 5.41) is 0. The molecule has 3 rings (SSSR count). The zero-order valence-electron chi connectivity index (χ0n) is 18.9. The van der Waals surface area contributed by atoms with Crippen LogP contribution >= 0.6 is 0 Å². The highest BCUT2D eigenvalue weighted by Crippen LogP contribution is 2.38. The highest BCUT2D eigenvalue weighted by atomic mass is 32.2. The average molecular weight is 445 g/mol. The summed E-state index contributed by atoms with van der Waals surface area (Å²) >= 11 is 0. The number of ether oxygens (including phenoxy) is 1. The highest BCUT2D eigenvalue weighted by molar-refractivity contribution is 7.91. The Labute approximate surface area is 185 Å². The van der Waals surface area contributed by atoms with E-state index in [4.69, 9.17) is 4.74 Å². The summed E-state index contributed by atoms with van der Waals surface area (Å²) in [5.74, 6) is 0.868. The Balaban J connectivity index is 1.86. The van der Waals surface area contributed by atoms with Crippen LogP contribution in [0.5, 0.6) is 5.75 Å². The molecular weight excluding hydrogens is 412 g/mol. The Bertz CT molecular complexity index is 1060. The first-order chi connectivity index (χ1) is 14.5. The van der Waals surface area contributed by atoms with Crippen LogP contribution in [0.4, 0.5) is 11.4 Å². The quantitative estimate of drug-likeness (QED) is 0.670. The summed E-state index contributed by atoms with van der Waals surface area (Å²) in [6.45, 7) is 10.7. The van der Waals surface area contributed by atoms with Crippen LogP contribution in [0.3, 0.4) is 0 Å². The largest absolute Gasteiger partial charge is 0.490 e. The SMILES string of the molecule is Cc1cccc(CS(=O)(=O)Nc2ccc3c(c2)OCC(C)(C)C(=O)N3CCC(C)C)c1. The number of anilines is 2. The standard InChI is InChI=1S/C24H32N2O4S/c1-17(2)11-12-26-21-10-9-20(14-22(21)30-16-24(4,5)23(26)27)25-31(28,29)15-19-8-6-7-18(3)13-19/h6-10,13-14,17,25H,11-12,15-16H2,1-5H3. The number of carbonyl (C=O) groups excluding carboxylic acids is 1. The Morgan fingerprint density at radius 2 is 1.90 bits per heavy atom. The number of carbonyl (C=O) groups is 1. The van der Waals surface area contributed by atoms with Gasteiger partial charge in [0, 0.05) is 12.6 Å². The van der Waals surface area contributed by atoms with Gasteiger partial charge in [-0.05, 0) is 50.8 Å². The number of sulfonamides is 1. The minimum atomic E-state index is -3.59. The predicted octanol–water partition coefficient (Wildman–Crippen LogP) is 4.73. The molecule has 1 N–H and O–H groups in total. The number of aryl methyl sites for hydroxylation is 1. The molecule has 6 nitrogen and oxygen atoms in total. The molecule has 2 aromatic rings. The molecule has 0 unspecified atom stereocenters. The fourth-order valence-electron chi connectivity index (χ4n) is 3.56. The maximum absolute atomic E-state index is 13.1. The van der Waals surface area contributed by atoms with Gasteiger partial charge < -0.3 is 9.64 Å². The maximum Gasteiger partial charge on any atom is 0.236 e. The van der Waals surface area contributed by atoms with Gasteiger partial charge in [-0.3, -0.25) is 9.52 Å². The van der Waals surface area contributed by atoms with Crippen LogP contribution in [-0.2, 0) is 20.6 Å². The van der Waals surface area contributed by atoms with Crippen LogP contribution in [-0.4, -0.2) is 27.5 Å². The predicted molar refractivity (Wildman–Crippen MR) is 125 cm³/mol. The summed E-state index contributed by atoms with van der Waals surface area (Å²) in [4.78, 5) is 14.9. The van der Waals surface area contributed by atoms with E-state index in [9.17, 15) is 13.2 Å². The maximum atomic E-state index is 13.1. The normalized spacial score (nSPS) is 15.9. The third kappa shape index (κ3) is 5.79. The number of rotatable bonds is 7. The Morgan fingerprint density at radius 3 is 2.58 bits per heavy atom. The van der Waals surface area contributed by atoms with E-state index in [1.54, 1.807) is 29.2 Å². The molecule has 168 valence electrons. The second kappa shape index (κ2) is 8.91. The monoisotopic (exact) mass is 444 g/mol. The van der Waals surface area contributed by atoms with Gasteiger partial charge in [-0.25, -0.2) is 8.42 Å². The van der Waals surface area contributed by atoms with Gasteiger partial charge in [0.25, 0.3) is 0 Å². The summed E-state index contributed by atoms with van der Waals surface area (Å²) in [6, 6.07) is 12.6. The zero-order chi connectivity index (χ0) is 22.8. The molecule has 2 aromatic carbocycles. The zero-order valence-corrected chi connectivity index (χ0v) is 19.8. The van der Waals surface area contributed by atoms with Crippen LogP contribution in [0.1, 0.15) is 45.2 Å². The summed E-state index contributed by atoms with van der Waals surface area (Å²) in [6.07, 6.45) is 0.867. The molecule has 0 aromatic heterocycles. The fraction of sp³-hybridized carbons (Fsp3) is 0.458. The molecular formula is C24H32N2O4S. The van der Waals surface area contributed by atoms with Gasteiger partial charge in [-0.2, -0.15) is 0 Å². The van der Waals surface area contributed by atoms with E-state index >= 15 is 0 Å². The first-order valence-corrected chi connectivity index (χ1v) is 12.3. The number of amides is 1. The Morgan fingerprint density at radius 1 is 1.16 bits per heavy atom. The topological polar surface area (TPSA) is 75.7 Å². The molecule has 0 radical (unpaired) electrons. The van der Waals surface area contributed by atoms with Gasteiger partial charge in [0.2, 0.25) is 15.9 Å². The second-order valence-electron chi connectivity index (χ2n) is 9.34. The molecule has 0 saturated carbocycles. The van der Waals surface area contributed by atoms with E-state index in [-0.39, 0.29) is 18.3 Å². The molecule has 0 spiro atoms. The minimum absolute atomic E-state index is 0.0136. The lowest BCUT2D eigenvalue weighted by Crippen LogP contribution is -2.42. The van der Waals surface area contributed by atoms with E-state index in [0.29, 0.717) is 29.6 Å². The molecule has 31 heavy (non-hydrogen) atoms. The highest BCUT2D eigenvalue weighted by Gasteiger charge is 2.37. The number of nitrogens with zero attached hydrogens (tertiary/aromatic N) is 1. The van der Waals surface area contributed by atoms with Crippen LogP contribution in [0.15, 0.2) is 42.5 Å². The van der Waals surface area contributed by atoms with Crippen molar-refractivity contribution < 1.29 is 17.9 Å².